The summed E-state index contributed by atoms with van der Waals surface area (Å²) in [7, 11) is 0. The van der Waals surface area contributed by atoms with Crippen LogP contribution in [0.4, 0.5) is 0 Å². The van der Waals surface area contributed by atoms with Crippen LogP contribution in [-0.2, 0) is 16.0 Å². The van der Waals surface area contributed by atoms with Crippen molar-refractivity contribution in [3.8, 4) is 0 Å². The Bertz CT molecular complexity index is 504. The Kier molecular flexibility index (Phi) is 7.07. The van der Waals surface area contributed by atoms with Gasteiger partial charge in [-0.2, -0.15) is 0 Å². The third kappa shape index (κ3) is 5.67. The molecule has 1 saturated carbocycles. The number of aliphatic hydroxyl groups is 1. The van der Waals surface area contributed by atoms with Gasteiger partial charge in [-0.15, -0.1) is 0 Å². The van der Waals surface area contributed by atoms with Crippen molar-refractivity contribution in [3.05, 3.63) is 35.9 Å². The van der Waals surface area contributed by atoms with Gasteiger partial charge in [-0.3, -0.25) is 9.59 Å². The zero-order valence-electron chi connectivity index (χ0n) is 13.5. The van der Waals surface area contributed by atoms with Crippen molar-refractivity contribution in [1.29, 1.82) is 0 Å². The standard InChI is InChI=1S/C18H26N2O3/c21-13-15-10-4-5-11-16(15)20-18(23)17(22)19-12-6-9-14-7-2-1-3-8-14/h1-3,7-8,15-16,21H,4-6,9-13H2,(H,19,22)(H,20,23). The lowest BCUT2D eigenvalue weighted by Gasteiger charge is -2.30. The number of carbonyl (C=O) groups excluding carboxylic acids is 2. The number of aryl methyl sites for hydroxylation is 1. The van der Waals surface area contributed by atoms with Crippen molar-refractivity contribution in [2.45, 2.75) is 44.6 Å². The van der Waals surface area contributed by atoms with E-state index in [1.165, 1.54) is 5.56 Å². The van der Waals surface area contributed by atoms with Gasteiger partial charge >= 0.3 is 11.8 Å². The lowest BCUT2D eigenvalue weighted by molar-refractivity contribution is -0.140. The van der Waals surface area contributed by atoms with Crippen LogP contribution in [0, 0.1) is 5.92 Å². The lowest BCUT2D eigenvalue weighted by atomic mass is 9.85. The first-order chi connectivity index (χ1) is 11.2. The van der Waals surface area contributed by atoms with E-state index in [9.17, 15) is 14.7 Å². The van der Waals surface area contributed by atoms with E-state index < -0.39 is 11.8 Å². The van der Waals surface area contributed by atoms with Crippen molar-refractivity contribution in [2.75, 3.05) is 13.2 Å². The summed E-state index contributed by atoms with van der Waals surface area (Å²) in [6, 6.07) is 9.96. The predicted molar refractivity (Wildman–Crippen MR) is 88.7 cm³/mol. The normalized spacial score (nSPS) is 20.7. The average Bonchev–Trinajstić information content (AvgIpc) is 2.60. The van der Waals surface area contributed by atoms with Crippen molar-refractivity contribution < 1.29 is 14.7 Å². The van der Waals surface area contributed by atoms with E-state index in [2.05, 4.69) is 10.6 Å². The quantitative estimate of drug-likeness (QED) is 0.548. The summed E-state index contributed by atoms with van der Waals surface area (Å²) in [5, 5.41) is 14.8. The molecule has 0 saturated heterocycles. The van der Waals surface area contributed by atoms with E-state index in [1.807, 2.05) is 30.3 Å². The molecule has 23 heavy (non-hydrogen) atoms. The number of amides is 2. The second-order valence-corrected chi connectivity index (χ2v) is 6.15. The molecule has 1 aromatic carbocycles. The molecule has 1 fully saturated rings. The molecule has 2 amide bonds. The third-order valence-corrected chi connectivity index (χ3v) is 4.44. The van der Waals surface area contributed by atoms with Gasteiger partial charge in [0.2, 0.25) is 0 Å². The number of hydrogen-bond donors (Lipinski definition) is 3. The second-order valence-electron chi connectivity index (χ2n) is 6.15. The molecule has 0 spiro atoms. The lowest BCUT2D eigenvalue weighted by Crippen LogP contribution is -2.49. The first-order valence-electron chi connectivity index (χ1n) is 8.44. The van der Waals surface area contributed by atoms with Gasteiger partial charge in [0, 0.05) is 25.1 Å². The fraction of sp³-hybridized carbons (Fsp3) is 0.556. The molecule has 2 atom stereocenters. The first kappa shape index (κ1) is 17.5. The number of carbonyl (C=O) groups is 2. The average molecular weight is 318 g/mol. The highest BCUT2D eigenvalue weighted by Crippen LogP contribution is 2.23. The number of hydrogen-bond acceptors (Lipinski definition) is 3. The molecule has 0 aromatic heterocycles. The molecule has 1 aliphatic carbocycles. The molecule has 3 N–H and O–H groups in total. The van der Waals surface area contributed by atoms with Gasteiger partial charge in [0.05, 0.1) is 0 Å². The number of nitrogens with one attached hydrogen (secondary N) is 2. The Balaban J connectivity index is 1.67. The summed E-state index contributed by atoms with van der Waals surface area (Å²) >= 11 is 0. The van der Waals surface area contributed by atoms with Gasteiger partial charge in [0.15, 0.2) is 0 Å². The molecule has 2 rings (SSSR count). The van der Waals surface area contributed by atoms with Crippen LogP contribution in [0.25, 0.3) is 0 Å². The minimum atomic E-state index is -0.588. The van der Waals surface area contributed by atoms with Crippen LogP contribution >= 0.6 is 0 Å². The first-order valence-corrected chi connectivity index (χ1v) is 8.44. The molecule has 0 aliphatic heterocycles. The van der Waals surface area contributed by atoms with Crippen LogP contribution in [0.15, 0.2) is 30.3 Å². The summed E-state index contributed by atoms with van der Waals surface area (Å²) in [6.45, 7) is 0.541. The molecule has 2 unspecified atom stereocenters. The highest BCUT2D eigenvalue weighted by atomic mass is 16.3. The monoisotopic (exact) mass is 318 g/mol. The van der Waals surface area contributed by atoms with Gasteiger partial charge < -0.3 is 15.7 Å². The predicted octanol–water partition coefficient (Wildman–Crippen LogP) is 1.40. The van der Waals surface area contributed by atoms with E-state index in [1.54, 1.807) is 0 Å². The molecule has 0 bridgehead atoms. The van der Waals surface area contributed by atoms with Crippen LogP contribution in [0.5, 0.6) is 0 Å². The molecule has 0 heterocycles. The highest BCUT2D eigenvalue weighted by Gasteiger charge is 2.27. The third-order valence-electron chi connectivity index (χ3n) is 4.44. The van der Waals surface area contributed by atoms with Crippen molar-refractivity contribution >= 4 is 11.8 Å². The van der Waals surface area contributed by atoms with Crippen LogP contribution in [0.2, 0.25) is 0 Å². The summed E-state index contributed by atoms with van der Waals surface area (Å²) in [5.41, 5.74) is 1.22. The summed E-state index contributed by atoms with van der Waals surface area (Å²) in [5.74, 6) is -1.10. The Morgan fingerprint density at radius 1 is 1.09 bits per heavy atom. The van der Waals surface area contributed by atoms with Crippen molar-refractivity contribution in [2.24, 2.45) is 5.92 Å². The molecule has 0 radical (unpaired) electrons. The van der Waals surface area contributed by atoms with E-state index in [0.29, 0.717) is 6.54 Å². The minimum absolute atomic E-state index is 0.0592. The van der Waals surface area contributed by atoms with Crippen molar-refractivity contribution in [1.82, 2.24) is 10.6 Å². The van der Waals surface area contributed by atoms with Crippen LogP contribution in [0.3, 0.4) is 0 Å². The molecular weight excluding hydrogens is 292 g/mol. The molecule has 1 aromatic rings. The Morgan fingerprint density at radius 3 is 2.57 bits per heavy atom. The van der Waals surface area contributed by atoms with E-state index >= 15 is 0 Å². The van der Waals surface area contributed by atoms with Gasteiger partial charge in [-0.05, 0) is 31.2 Å². The maximum Gasteiger partial charge on any atom is 0.309 e. The smallest absolute Gasteiger partial charge is 0.309 e. The number of rotatable bonds is 6. The van der Waals surface area contributed by atoms with Gasteiger partial charge in [0.1, 0.15) is 0 Å². The molecule has 1 aliphatic rings. The van der Waals surface area contributed by atoms with E-state index in [0.717, 1.165) is 38.5 Å². The van der Waals surface area contributed by atoms with Crippen LogP contribution in [0.1, 0.15) is 37.7 Å². The topological polar surface area (TPSA) is 78.4 Å². The highest BCUT2D eigenvalue weighted by molar-refractivity contribution is 6.35. The van der Waals surface area contributed by atoms with Crippen molar-refractivity contribution in [3.63, 3.8) is 0 Å². The van der Waals surface area contributed by atoms with Gasteiger partial charge in [-0.1, -0.05) is 43.2 Å². The summed E-state index contributed by atoms with van der Waals surface area (Å²) < 4.78 is 0. The molecular formula is C18H26N2O3. The zero-order chi connectivity index (χ0) is 16.5. The maximum absolute atomic E-state index is 11.9. The number of aliphatic hydroxyl groups excluding tert-OH is 1. The Morgan fingerprint density at radius 2 is 1.83 bits per heavy atom. The molecule has 5 heteroatoms. The fourth-order valence-corrected chi connectivity index (χ4v) is 3.07. The van der Waals surface area contributed by atoms with Gasteiger partial charge in [0.25, 0.3) is 0 Å². The van der Waals surface area contributed by atoms with Crippen LogP contribution in [-0.4, -0.2) is 36.1 Å². The summed E-state index contributed by atoms with van der Waals surface area (Å²) in [4.78, 5) is 23.8. The van der Waals surface area contributed by atoms with E-state index in [4.69, 9.17) is 0 Å². The molecule has 126 valence electrons. The minimum Gasteiger partial charge on any atom is -0.396 e. The largest absolute Gasteiger partial charge is 0.396 e. The Hall–Kier alpha value is -1.88. The molecule has 5 nitrogen and oxygen atoms in total. The van der Waals surface area contributed by atoms with E-state index in [-0.39, 0.29) is 18.6 Å². The zero-order valence-corrected chi connectivity index (χ0v) is 13.5. The fourth-order valence-electron chi connectivity index (χ4n) is 3.07. The Labute approximate surface area is 137 Å². The maximum atomic E-state index is 11.9. The number of benzene rings is 1. The summed E-state index contributed by atoms with van der Waals surface area (Å²) in [6.07, 6.45) is 5.51. The van der Waals surface area contributed by atoms with Crippen LogP contribution < -0.4 is 10.6 Å². The SMILES string of the molecule is O=C(NCCCc1ccccc1)C(=O)NC1CCCCC1CO. The van der Waals surface area contributed by atoms with Gasteiger partial charge in [-0.25, -0.2) is 0 Å². The second kappa shape index (κ2) is 9.30.